The average molecular weight is 663 g/mol. The summed E-state index contributed by atoms with van der Waals surface area (Å²) >= 11 is 0. The lowest BCUT2D eigenvalue weighted by molar-refractivity contribution is -0.126. The van der Waals surface area contributed by atoms with Gasteiger partial charge in [0.2, 0.25) is 21.9 Å². The van der Waals surface area contributed by atoms with Crippen LogP contribution in [0.4, 0.5) is 23.3 Å². The Balaban J connectivity index is 1.34. The maximum atomic E-state index is 12.8. The zero-order chi connectivity index (χ0) is 33.5. The van der Waals surface area contributed by atoms with Gasteiger partial charge in [0.15, 0.2) is 0 Å². The molecule has 0 unspecified atom stereocenters. The van der Waals surface area contributed by atoms with Crippen molar-refractivity contribution in [2.75, 3.05) is 54.7 Å². The number of amides is 1. The molecule has 0 bridgehead atoms. The number of carbonyl (C=O) groups is 1. The van der Waals surface area contributed by atoms with E-state index in [1.807, 2.05) is 37.1 Å². The van der Waals surface area contributed by atoms with Crippen molar-refractivity contribution >= 4 is 50.0 Å². The Morgan fingerprint density at radius 1 is 1.11 bits per heavy atom. The molecule has 5 heterocycles. The monoisotopic (exact) mass is 662 g/mol. The van der Waals surface area contributed by atoms with E-state index in [-0.39, 0.29) is 36.2 Å². The molecule has 0 saturated carbocycles. The van der Waals surface area contributed by atoms with Gasteiger partial charge in [-0.25, -0.2) is 18.4 Å². The van der Waals surface area contributed by atoms with Crippen LogP contribution < -0.4 is 15.1 Å². The number of rotatable bonds is 10. The third-order valence-corrected chi connectivity index (χ3v) is 11.4. The van der Waals surface area contributed by atoms with Gasteiger partial charge in [0, 0.05) is 68.8 Å². The maximum absolute atomic E-state index is 12.8. The standard InChI is InChI=1S/C34H46N8O4S/c1-7-33(43)40-16-8-9-28(40)25-10-11-29(41-21-30(23(41)4)42(22(2)3)47(6,44)45)27-20-36-32(19-26(25)27)37-31-12-15-35-34(38-31)39-17-13-24(46-5)14-18-39/h7,10-12,15,19-20,22-24,28,30H,1,8-9,13-14,16-18,21H2,2-6H3,(H,35,36,37,38)/t23-,28+,30+/m1/s1. The van der Waals surface area contributed by atoms with Crippen LogP contribution in [0, 0.1) is 0 Å². The molecule has 252 valence electrons. The minimum Gasteiger partial charge on any atom is -0.381 e. The van der Waals surface area contributed by atoms with E-state index in [2.05, 4.69) is 45.7 Å². The summed E-state index contributed by atoms with van der Waals surface area (Å²) in [4.78, 5) is 33.3. The number of benzene rings is 1. The summed E-state index contributed by atoms with van der Waals surface area (Å²) in [6.45, 7) is 12.6. The number of likely N-dealkylation sites (tertiary alicyclic amines) is 1. The molecule has 3 aliphatic rings. The van der Waals surface area contributed by atoms with Gasteiger partial charge in [-0.2, -0.15) is 9.29 Å². The van der Waals surface area contributed by atoms with Crippen LogP contribution in [0.5, 0.6) is 0 Å². The fourth-order valence-corrected chi connectivity index (χ4v) is 9.03. The molecule has 6 rings (SSSR count). The number of nitrogens with one attached hydrogen (secondary N) is 1. The second-order valence-corrected chi connectivity index (χ2v) is 15.0. The lowest BCUT2D eigenvalue weighted by atomic mass is 9.92. The molecule has 3 saturated heterocycles. The summed E-state index contributed by atoms with van der Waals surface area (Å²) < 4.78 is 32.5. The average Bonchev–Trinajstić information content (AvgIpc) is 3.55. The van der Waals surface area contributed by atoms with E-state index in [1.165, 1.54) is 12.3 Å². The van der Waals surface area contributed by atoms with Gasteiger partial charge in [0.05, 0.1) is 24.4 Å². The molecule has 0 spiro atoms. The van der Waals surface area contributed by atoms with Crippen LogP contribution in [-0.2, 0) is 19.6 Å². The zero-order valence-corrected chi connectivity index (χ0v) is 28.8. The van der Waals surface area contributed by atoms with Crippen molar-refractivity contribution in [1.82, 2.24) is 24.2 Å². The van der Waals surface area contributed by atoms with Crippen molar-refractivity contribution in [3.05, 3.63) is 54.9 Å². The minimum atomic E-state index is -3.37. The molecule has 0 radical (unpaired) electrons. The van der Waals surface area contributed by atoms with Gasteiger partial charge in [-0.15, -0.1) is 0 Å². The number of carbonyl (C=O) groups excluding carboxylic acids is 1. The van der Waals surface area contributed by atoms with E-state index < -0.39 is 10.0 Å². The topological polar surface area (TPSA) is 124 Å². The summed E-state index contributed by atoms with van der Waals surface area (Å²) in [7, 11) is -1.61. The van der Waals surface area contributed by atoms with Crippen molar-refractivity contribution in [3.63, 3.8) is 0 Å². The van der Waals surface area contributed by atoms with Crippen molar-refractivity contribution in [2.24, 2.45) is 0 Å². The number of fused-ring (bicyclic) bond motifs is 1. The van der Waals surface area contributed by atoms with Crippen LogP contribution in [0.3, 0.4) is 0 Å². The number of ether oxygens (including phenoxy) is 1. The van der Waals surface area contributed by atoms with E-state index in [0.717, 1.165) is 60.8 Å². The maximum Gasteiger partial charge on any atom is 0.246 e. The molecule has 3 aromatic rings. The van der Waals surface area contributed by atoms with E-state index in [0.29, 0.717) is 30.7 Å². The first-order valence-corrected chi connectivity index (χ1v) is 18.3. The summed E-state index contributed by atoms with van der Waals surface area (Å²) in [5.74, 6) is 1.87. The summed E-state index contributed by atoms with van der Waals surface area (Å²) in [5, 5.41) is 5.34. The molecule has 0 aliphatic carbocycles. The second-order valence-electron chi connectivity index (χ2n) is 13.1. The van der Waals surface area contributed by atoms with Crippen LogP contribution in [-0.4, -0.2) is 102 Å². The summed E-state index contributed by atoms with van der Waals surface area (Å²) in [5.41, 5.74) is 2.04. The van der Waals surface area contributed by atoms with Gasteiger partial charge in [0.1, 0.15) is 11.6 Å². The lowest BCUT2D eigenvalue weighted by Gasteiger charge is -2.53. The fourth-order valence-electron chi connectivity index (χ4n) is 7.53. The fraction of sp³-hybridized carbons (Fsp3) is 0.529. The smallest absolute Gasteiger partial charge is 0.246 e. The Hall–Kier alpha value is -3.81. The zero-order valence-electron chi connectivity index (χ0n) is 28.0. The minimum absolute atomic E-state index is 0.0299. The molecule has 13 heteroatoms. The highest BCUT2D eigenvalue weighted by atomic mass is 32.2. The molecule has 2 aromatic heterocycles. The first kappa shape index (κ1) is 33.1. The van der Waals surface area contributed by atoms with Crippen LogP contribution in [0.2, 0.25) is 0 Å². The van der Waals surface area contributed by atoms with Crippen LogP contribution in [0.15, 0.2) is 49.3 Å². The van der Waals surface area contributed by atoms with Crippen molar-refractivity contribution in [3.8, 4) is 0 Å². The first-order valence-electron chi connectivity index (χ1n) is 16.5. The Bertz CT molecular complexity index is 1740. The number of aromatic nitrogens is 3. The SMILES string of the molecule is C=CC(=O)N1CCC[C@H]1c1ccc(N2C[C@H](N(C(C)C)S(C)(=O)=O)[C@H]2C)c2cnc(Nc3ccnc(N4CCC(OC)CC4)n3)cc12. The Morgan fingerprint density at radius 3 is 2.53 bits per heavy atom. The van der Waals surface area contributed by atoms with Crippen molar-refractivity contribution < 1.29 is 17.9 Å². The number of sulfonamides is 1. The highest BCUT2D eigenvalue weighted by Crippen LogP contribution is 2.42. The van der Waals surface area contributed by atoms with Gasteiger partial charge in [0.25, 0.3) is 0 Å². The lowest BCUT2D eigenvalue weighted by Crippen LogP contribution is -2.68. The van der Waals surface area contributed by atoms with Crippen molar-refractivity contribution in [1.29, 1.82) is 0 Å². The summed E-state index contributed by atoms with van der Waals surface area (Å²) in [6.07, 6.45) is 10.2. The van der Waals surface area contributed by atoms with Crippen molar-refractivity contribution in [2.45, 2.75) is 76.7 Å². The molecular formula is C34H46N8O4S. The number of methoxy groups -OCH3 is 1. The van der Waals surface area contributed by atoms with Gasteiger partial charge < -0.3 is 24.8 Å². The molecule has 3 atom stereocenters. The molecule has 12 nitrogen and oxygen atoms in total. The number of hydrogen-bond acceptors (Lipinski definition) is 10. The highest BCUT2D eigenvalue weighted by Gasteiger charge is 2.44. The normalized spacial score (nSPS) is 22.3. The highest BCUT2D eigenvalue weighted by molar-refractivity contribution is 7.88. The first-order chi connectivity index (χ1) is 22.5. The Morgan fingerprint density at radius 2 is 1.87 bits per heavy atom. The predicted molar refractivity (Wildman–Crippen MR) is 186 cm³/mol. The number of anilines is 4. The molecule has 3 aliphatic heterocycles. The number of hydrogen-bond donors (Lipinski definition) is 1. The molecule has 47 heavy (non-hydrogen) atoms. The summed E-state index contributed by atoms with van der Waals surface area (Å²) in [6, 6.07) is 7.70. The van der Waals surface area contributed by atoms with Crippen LogP contribution >= 0.6 is 0 Å². The number of piperidine rings is 1. The number of nitrogens with zero attached hydrogens (tertiary/aromatic N) is 7. The van der Waals surface area contributed by atoms with E-state index in [4.69, 9.17) is 14.7 Å². The van der Waals surface area contributed by atoms with Gasteiger partial charge in [-0.05, 0) is 81.7 Å². The predicted octanol–water partition coefficient (Wildman–Crippen LogP) is 4.48. The third-order valence-electron chi connectivity index (χ3n) is 9.90. The van der Waals surface area contributed by atoms with Gasteiger partial charge >= 0.3 is 0 Å². The van der Waals surface area contributed by atoms with E-state index >= 15 is 0 Å². The van der Waals surface area contributed by atoms with Gasteiger partial charge in [-0.1, -0.05) is 12.6 Å². The van der Waals surface area contributed by atoms with Crippen LogP contribution in [0.25, 0.3) is 10.8 Å². The van der Waals surface area contributed by atoms with Gasteiger partial charge in [-0.3, -0.25) is 4.79 Å². The number of pyridine rings is 1. The molecule has 1 N–H and O–H groups in total. The molecule has 3 fully saturated rings. The van der Waals surface area contributed by atoms with E-state index in [1.54, 1.807) is 17.6 Å². The molecular weight excluding hydrogens is 616 g/mol. The third kappa shape index (κ3) is 6.53. The second kappa shape index (κ2) is 13.4. The quantitative estimate of drug-likeness (QED) is 0.311. The molecule has 1 amide bonds. The van der Waals surface area contributed by atoms with E-state index in [9.17, 15) is 13.2 Å². The molecule has 1 aromatic carbocycles. The van der Waals surface area contributed by atoms with Crippen LogP contribution in [0.1, 0.15) is 58.1 Å². The Labute approximate surface area is 277 Å². The largest absolute Gasteiger partial charge is 0.381 e. The Kier molecular flexibility index (Phi) is 9.41.